The molecule has 86 valence electrons. The summed E-state index contributed by atoms with van der Waals surface area (Å²) >= 11 is 6.75. The molecule has 0 unspecified atom stereocenters. The van der Waals surface area contributed by atoms with Gasteiger partial charge in [0.15, 0.2) is 4.34 Å². The molecule has 0 radical (unpaired) electrons. The first-order valence-corrected chi connectivity index (χ1v) is 7.51. The van der Waals surface area contributed by atoms with E-state index in [1.165, 1.54) is 0 Å². The summed E-state index contributed by atoms with van der Waals surface area (Å²) in [5.74, 6) is 0. The van der Waals surface area contributed by atoms with Crippen LogP contribution in [0.2, 0.25) is 0 Å². The van der Waals surface area contributed by atoms with Crippen LogP contribution in [0.5, 0.6) is 0 Å². The molecule has 2 heterocycles. The molecule has 16 heavy (non-hydrogen) atoms. The van der Waals surface area contributed by atoms with Gasteiger partial charge in [0.05, 0.1) is 22.4 Å². The van der Waals surface area contributed by atoms with Crippen molar-refractivity contribution >= 4 is 39.0 Å². The SMILES string of the molecule is CSc1nnc(Cn2nc(C)c(Br)c2C)s1. The quantitative estimate of drug-likeness (QED) is 0.816. The van der Waals surface area contributed by atoms with Gasteiger partial charge >= 0.3 is 0 Å². The van der Waals surface area contributed by atoms with Gasteiger partial charge in [-0.15, -0.1) is 10.2 Å². The van der Waals surface area contributed by atoms with Crippen molar-refractivity contribution in [3.8, 4) is 0 Å². The first-order chi connectivity index (χ1) is 7.61. The van der Waals surface area contributed by atoms with E-state index in [2.05, 4.69) is 31.2 Å². The average Bonchev–Trinajstić information content (AvgIpc) is 2.81. The van der Waals surface area contributed by atoms with E-state index in [0.29, 0.717) is 6.54 Å². The fraction of sp³-hybridized carbons (Fsp3) is 0.444. The summed E-state index contributed by atoms with van der Waals surface area (Å²) in [6, 6.07) is 0. The van der Waals surface area contributed by atoms with Crippen LogP contribution in [-0.4, -0.2) is 26.2 Å². The summed E-state index contributed by atoms with van der Waals surface area (Å²) in [6.07, 6.45) is 2.00. The third-order valence-electron chi connectivity index (χ3n) is 2.20. The van der Waals surface area contributed by atoms with Crippen LogP contribution in [0.15, 0.2) is 8.81 Å². The molecule has 0 fully saturated rings. The number of nitrogens with zero attached hydrogens (tertiary/aromatic N) is 4. The lowest BCUT2D eigenvalue weighted by atomic mass is 10.4. The molecule has 0 saturated heterocycles. The Morgan fingerprint density at radius 3 is 2.62 bits per heavy atom. The predicted octanol–water partition coefficient (Wildman–Crippen LogP) is 2.88. The second-order valence-corrected chi connectivity index (χ2v) is 6.22. The lowest BCUT2D eigenvalue weighted by Gasteiger charge is -1.99. The maximum absolute atomic E-state index is 4.44. The molecule has 0 aliphatic rings. The Balaban J connectivity index is 2.23. The topological polar surface area (TPSA) is 43.6 Å². The molecule has 2 aromatic heterocycles. The summed E-state index contributed by atoms with van der Waals surface area (Å²) in [6.45, 7) is 4.72. The van der Waals surface area contributed by atoms with Crippen LogP contribution in [-0.2, 0) is 6.54 Å². The second-order valence-electron chi connectivity index (χ2n) is 3.31. The summed E-state index contributed by atoms with van der Waals surface area (Å²) < 4.78 is 4.02. The fourth-order valence-corrected chi connectivity index (χ4v) is 2.92. The molecule has 2 rings (SSSR count). The number of halogens is 1. The van der Waals surface area contributed by atoms with E-state index >= 15 is 0 Å². The van der Waals surface area contributed by atoms with Crippen LogP contribution in [0, 0.1) is 13.8 Å². The third-order valence-corrected chi connectivity index (χ3v) is 5.23. The van der Waals surface area contributed by atoms with Crippen molar-refractivity contribution in [3.63, 3.8) is 0 Å². The summed E-state index contributed by atoms with van der Waals surface area (Å²) in [5.41, 5.74) is 2.13. The molecule has 0 bridgehead atoms. The molecule has 0 spiro atoms. The second kappa shape index (κ2) is 4.85. The summed E-state index contributed by atoms with van der Waals surface area (Å²) in [5, 5.41) is 13.6. The smallest absolute Gasteiger partial charge is 0.174 e. The Labute approximate surface area is 111 Å². The van der Waals surface area contributed by atoms with Crippen molar-refractivity contribution in [2.45, 2.75) is 24.7 Å². The van der Waals surface area contributed by atoms with Crippen LogP contribution in [0.4, 0.5) is 0 Å². The molecule has 0 aromatic carbocycles. The largest absolute Gasteiger partial charge is 0.261 e. The van der Waals surface area contributed by atoms with Crippen molar-refractivity contribution in [2.24, 2.45) is 0 Å². The average molecular weight is 319 g/mol. The minimum Gasteiger partial charge on any atom is -0.261 e. The standard InChI is InChI=1S/C9H11BrN4S2/c1-5-8(10)6(2)14(13-5)4-7-11-12-9(15-3)16-7/h4H2,1-3H3. The maximum atomic E-state index is 4.44. The molecular weight excluding hydrogens is 308 g/mol. The monoisotopic (exact) mass is 318 g/mol. The first-order valence-electron chi connectivity index (χ1n) is 4.67. The lowest BCUT2D eigenvalue weighted by molar-refractivity contribution is 0.650. The highest BCUT2D eigenvalue weighted by Gasteiger charge is 2.11. The third kappa shape index (κ3) is 2.31. The van der Waals surface area contributed by atoms with Gasteiger partial charge in [-0.1, -0.05) is 23.1 Å². The number of aromatic nitrogens is 4. The molecular formula is C9H11BrN4S2. The Morgan fingerprint density at radius 2 is 2.12 bits per heavy atom. The highest BCUT2D eigenvalue weighted by atomic mass is 79.9. The fourth-order valence-electron chi connectivity index (χ4n) is 1.34. The van der Waals surface area contributed by atoms with Crippen molar-refractivity contribution in [1.29, 1.82) is 0 Å². The Kier molecular flexibility index (Phi) is 3.66. The van der Waals surface area contributed by atoms with E-state index in [-0.39, 0.29) is 0 Å². The van der Waals surface area contributed by atoms with Crippen molar-refractivity contribution in [3.05, 3.63) is 20.9 Å². The summed E-state index contributed by atoms with van der Waals surface area (Å²) in [4.78, 5) is 0. The number of rotatable bonds is 3. The normalized spacial score (nSPS) is 11.0. The van der Waals surface area contributed by atoms with E-state index < -0.39 is 0 Å². The number of hydrogen-bond acceptors (Lipinski definition) is 5. The summed E-state index contributed by atoms with van der Waals surface area (Å²) in [7, 11) is 0. The minimum absolute atomic E-state index is 0.691. The van der Waals surface area contributed by atoms with Crippen LogP contribution in [0.25, 0.3) is 0 Å². The van der Waals surface area contributed by atoms with Crippen molar-refractivity contribution in [2.75, 3.05) is 6.26 Å². The molecule has 0 amide bonds. The molecule has 7 heteroatoms. The maximum Gasteiger partial charge on any atom is 0.174 e. The van der Waals surface area contributed by atoms with E-state index in [4.69, 9.17) is 0 Å². The van der Waals surface area contributed by atoms with Crippen LogP contribution >= 0.6 is 39.0 Å². The van der Waals surface area contributed by atoms with Gasteiger partial charge in [-0.3, -0.25) is 4.68 Å². The molecule has 0 N–H and O–H groups in total. The van der Waals surface area contributed by atoms with E-state index in [9.17, 15) is 0 Å². The molecule has 0 atom stereocenters. The molecule has 4 nitrogen and oxygen atoms in total. The van der Waals surface area contributed by atoms with Gasteiger partial charge in [-0.05, 0) is 36.0 Å². The Bertz CT molecular complexity index is 506. The van der Waals surface area contributed by atoms with Crippen LogP contribution in [0.3, 0.4) is 0 Å². The number of thioether (sulfide) groups is 1. The van der Waals surface area contributed by atoms with E-state index in [1.807, 2.05) is 24.8 Å². The molecule has 0 aliphatic carbocycles. The molecule has 0 saturated carbocycles. The van der Waals surface area contributed by atoms with Gasteiger partial charge in [0.1, 0.15) is 5.01 Å². The van der Waals surface area contributed by atoms with Crippen LogP contribution in [0.1, 0.15) is 16.4 Å². The highest BCUT2D eigenvalue weighted by molar-refractivity contribution is 9.10. The van der Waals surface area contributed by atoms with E-state index in [0.717, 1.165) is 25.2 Å². The lowest BCUT2D eigenvalue weighted by Crippen LogP contribution is -2.03. The zero-order valence-electron chi connectivity index (χ0n) is 9.19. The van der Waals surface area contributed by atoms with Gasteiger partial charge in [0.2, 0.25) is 0 Å². The number of aryl methyl sites for hydroxylation is 1. The van der Waals surface area contributed by atoms with E-state index in [1.54, 1.807) is 23.1 Å². The first kappa shape index (κ1) is 12.1. The van der Waals surface area contributed by atoms with Gasteiger partial charge in [0, 0.05) is 0 Å². The molecule has 2 aromatic rings. The van der Waals surface area contributed by atoms with Crippen LogP contribution < -0.4 is 0 Å². The van der Waals surface area contributed by atoms with Gasteiger partial charge in [-0.2, -0.15) is 5.10 Å². The zero-order valence-corrected chi connectivity index (χ0v) is 12.4. The Hall–Kier alpha value is -0.400. The van der Waals surface area contributed by atoms with Crippen molar-refractivity contribution < 1.29 is 0 Å². The van der Waals surface area contributed by atoms with Gasteiger partial charge in [0.25, 0.3) is 0 Å². The minimum atomic E-state index is 0.691. The van der Waals surface area contributed by atoms with Gasteiger partial charge < -0.3 is 0 Å². The van der Waals surface area contributed by atoms with Gasteiger partial charge in [-0.25, -0.2) is 0 Å². The highest BCUT2D eigenvalue weighted by Crippen LogP contribution is 2.23. The number of hydrogen-bond donors (Lipinski definition) is 0. The Morgan fingerprint density at radius 1 is 1.38 bits per heavy atom. The molecule has 0 aliphatic heterocycles. The zero-order chi connectivity index (χ0) is 11.7. The van der Waals surface area contributed by atoms with Crippen molar-refractivity contribution in [1.82, 2.24) is 20.0 Å². The predicted molar refractivity (Wildman–Crippen MR) is 70.2 cm³/mol.